The summed E-state index contributed by atoms with van der Waals surface area (Å²) in [6.45, 7) is 4.03. The fourth-order valence-corrected chi connectivity index (χ4v) is 4.16. The summed E-state index contributed by atoms with van der Waals surface area (Å²) >= 11 is 0. The monoisotopic (exact) mass is 273 g/mol. The van der Waals surface area contributed by atoms with E-state index in [0.717, 1.165) is 25.3 Å². The minimum absolute atomic E-state index is 0.432. The summed E-state index contributed by atoms with van der Waals surface area (Å²) in [5, 5.41) is 3.70. The molecule has 3 aliphatic heterocycles. The number of hydrogen-bond donors (Lipinski definition) is 1. The van der Waals surface area contributed by atoms with Crippen LogP contribution in [-0.2, 0) is 11.2 Å². The smallest absolute Gasteiger partial charge is 0.122 e. The molecule has 3 nitrogen and oxygen atoms in total. The van der Waals surface area contributed by atoms with Gasteiger partial charge in [-0.05, 0) is 43.0 Å². The maximum Gasteiger partial charge on any atom is 0.122 e. The first-order chi connectivity index (χ1) is 9.85. The Morgan fingerprint density at radius 1 is 1.35 bits per heavy atom. The summed E-state index contributed by atoms with van der Waals surface area (Å²) in [6.07, 6.45) is 5.76. The summed E-state index contributed by atoms with van der Waals surface area (Å²) in [7, 11) is 0. The minimum Gasteiger partial charge on any atom is -0.493 e. The first-order valence-corrected chi connectivity index (χ1v) is 7.99. The third-order valence-electron chi connectivity index (χ3n) is 5.08. The Balaban J connectivity index is 1.62. The standard InChI is InChI=1S/C17H23NO2/c1-2-18-17(14-10-13-4-6-16(14)20-13)12-3-5-15-11(9-12)7-8-19-15/h3,5,9,13-14,16-18H,2,4,6-8,10H2,1H3. The second kappa shape index (κ2) is 5.05. The molecule has 3 heterocycles. The topological polar surface area (TPSA) is 30.5 Å². The molecule has 0 radical (unpaired) electrons. The van der Waals surface area contributed by atoms with Crippen molar-refractivity contribution in [1.82, 2.24) is 5.32 Å². The van der Waals surface area contributed by atoms with Crippen molar-refractivity contribution >= 4 is 0 Å². The van der Waals surface area contributed by atoms with E-state index in [2.05, 4.69) is 30.4 Å². The summed E-state index contributed by atoms with van der Waals surface area (Å²) < 4.78 is 11.7. The molecule has 4 rings (SSSR count). The Kier molecular flexibility index (Phi) is 3.20. The Morgan fingerprint density at radius 3 is 3.05 bits per heavy atom. The highest BCUT2D eigenvalue weighted by molar-refractivity contribution is 5.41. The van der Waals surface area contributed by atoms with Crippen molar-refractivity contribution in [3.63, 3.8) is 0 Å². The average Bonchev–Trinajstić information content (AvgIpc) is 3.19. The van der Waals surface area contributed by atoms with Crippen LogP contribution in [0, 0.1) is 5.92 Å². The fourth-order valence-electron chi connectivity index (χ4n) is 4.16. The molecule has 2 bridgehead atoms. The van der Waals surface area contributed by atoms with Gasteiger partial charge in [-0.3, -0.25) is 0 Å². The zero-order valence-electron chi connectivity index (χ0n) is 12.1. The molecule has 20 heavy (non-hydrogen) atoms. The van der Waals surface area contributed by atoms with Crippen LogP contribution in [0.4, 0.5) is 0 Å². The maximum atomic E-state index is 6.06. The third-order valence-corrected chi connectivity index (χ3v) is 5.08. The molecular formula is C17H23NO2. The molecule has 0 saturated carbocycles. The van der Waals surface area contributed by atoms with Crippen molar-refractivity contribution in [1.29, 1.82) is 0 Å². The number of ether oxygens (including phenoxy) is 2. The number of rotatable bonds is 4. The molecule has 0 spiro atoms. The van der Waals surface area contributed by atoms with Gasteiger partial charge in [0.2, 0.25) is 0 Å². The Labute approximate surface area is 120 Å². The largest absolute Gasteiger partial charge is 0.493 e. The second-order valence-corrected chi connectivity index (χ2v) is 6.27. The molecule has 1 N–H and O–H groups in total. The SMILES string of the molecule is CCNC(c1ccc2c(c1)CCO2)C1CC2CCC1O2. The highest BCUT2D eigenvalue weighted by Gasteiger charge is 2.44. The predicted molar refractivity (Wildman–Crippen MR) is 78.1 cm³/mol. The molecule has 1 aromatic rings. The number of fused-ring (bicyclic) bond motifs is 3. The van der Waals surface area contributed by atoms with Gasteiger partial charge in [-0.15, -0.1) is 0 Å². The molecule has 0 aliphatic carbocycles. The van der Waals surface area contributed by atoms with Crippen LogP contribution in [-0.4, -0.2) is 25.4 Å². The van der Waals surface area contributed by atoms with E-state index in [9.17, 15) is 0 Å². The van der Waals surface area contributed by atoms with Crippen molar-refractivity contribution < 1.29 is 9.47 Å². The Bertz CT molecular complexity index is 502. The predicted octanol–water partition coefficient (Wildman–Crippen LogP) is 2.84. The second-order valence-electron chi connectivity index (χ2n) is 6.27. The van der Waals surface area contributed by atoms with Gasteiger partial charge in [-0.2, -0.15) is 0 Å². The third kappa shape index (κ3) is 2.04. The van der Waals surface area contributed by atoms with Gasteiger partial charge in [0.05, 0.1) is 18.8 Å². The van der Waals surface area contributed by atoms with E-state index in [4.69, 9.17) is 9.47 Å². The van der Waals surface area contributed by atoms with Crippen molar-refractivity contribution in [2.45, 2.75) is 50.9 Å². The number of benzene rings is 1. The van der Waals surface area contributed by atoms with Crippen LogP contribution >= 0.6 is 0 Å². The quantitative estimate of drug-likeness (QED) is 0.915. The molecule has 1 aromatic carbocycles. The molecule has 2 saturated heterocycles. The molecule has 0 aromatic heterocycles. The van der Waals surface area contributed by atoms with Gasteiger partial charge in [0.25, 0.3) is 0 Å². The lowest BCUT2D eigenvalue weighted by atomic mass is 9.80. The molecule has 2 fully saturated rings. The van der Waals surface area contributed by atoms with Crippen LogP contribution < -0.4 is 10.1 Å². The molecule has 4 unspecified atom stereocenters. The van der Waals surface area contributed by atoms with Gasteiger partial charge < -0.3 is 14.8 Å². The van der Waals surface area contributed by atoms with E-state index >= 15 is 0 Å². The highest BCUT2D eigenvalue weighted by atomic mass is 16.5. The maximum absolute atomic E-state index is 6.06. The minimum atomic E-state index is 0.432. The molecule has 0 amide bonds. The van der Waals surface area contributed by atoms with E-state index in [0.29, 0.717) is 24.2 Å². The lowest BCUT2D eigenvalue weighted by Crippen LogP contribution is -2.33. The number of nitrogens with one attached hydrogen (secondary N) is 1. The highest BCUT2D eigenvalue weighted by Crippen LogP contribution is 2.45. The lowest BCUT2D eigenvalue weighted by Gasteiger charge is -2.29. The van der Waals surface area contributed by atoms with Crippen LogP contribution in [0.25, 0.3) is 0 Å². The first kappa shape index (κ1) is 12.7. The van der Waals surface area contributed by atoms with Crippen LogP contribution in [0.15, 0.2) is 18.2 Å². The van der Waals surface area contributed by atoms with E-state index in [1.165, 1.54) is 30.4 Å². The van der Waals surface area contributed by atoms with Gasteiger partial charge in [0.1, 0.15) is 5.75 Å². The summed E-state index contributed by atoms with van der Waals surface area (Å²) in [5.74, 6) is 1.71. The van der Waals surface area contributed by atoms with Crippen LogP contribution in [0.5, 0.6) is 5.75 Å². The van der Waals surface area contributed by atoms with Crippen molar-refractivity contribution in [3.8, 4) is 5.75 Å². The van der Waals surface area contributed by atoms with Crippen LogP contribution in [0.1, 0.15) is 43.4 Å². The Morgan fingerprint density at radius 2 is 2.30 bits per heavy atom. The summed E-state index contributed by atoms with van der Waals surface area (Å²) in [5.41, 5.74) is 2.78. The Hall–Kier alpha value is -1.06. The van der Waals surface area contributed by atoms with Crippen LogP contribution in [0.2, 0.25) is 0 Å². The fraction of sp³-hybridized carbons (Fsp3) is 0.647. The van der Waals surface area contributed by atoms with E-state index in [-0.39, 0.29) is 0 Å². The molecule has 4 atom stereocenters. The van der Waals surface area contributed by atoms with Crippen molar-refractivity contribution in [2.24, 2.45) is 5.92 Å². The molecule has 3 aliphatic rings. The molecule has 108 valence electrons. The van der Waals surface area contributed by atoms with Gasteiger partial charge in [0, 0.05) is 18.4 Å². The first-order valence-electron chi connectivity index (χ1n) is 7.99. The lowest BCUT2D eigenvalue weighted by molar-refractivity contribution is 0.0858. The van der Waals surface area contributed by atoms with Gasteiger partial charge in [0.15, 0.2) is 0 Å². The normalized spacial score (nSPS) is 32.1. The van der Waals surface area contributed by atoms with E-state index < -0.39 is 0 Å². The van der Waals surface area contributed by atoms with Crippen LogP contribution in [0.3, 0.4) is 0 Å². The van der Waals surface area contributed by atoms with E-state index in [1.807, 2.05) is 0 Å². The number of hydrogen-bond acceptors (Lipinski definition) is 3. The average molecular weight is 273 g/mol. The van der Waals surface area contributed by atoms with Gasteiger partial charge in [-0.1, -0.05) is 19.1 Å². The van der Waals surface area contributed by atoms with Crippen molar-refractivity contribution in [3.05, 3.63) is 29.3 Å². The van der Waals surface area contributed by atoms with Gasteiger partial charge in [-0.25, -0.2) is 0 Å². The van der Waals surface area contributed by atoms with E-state index in [1.54, 1.807) is 0 Å². The molecule has 3 heteroatoms. The zero-order valence-corrected chi connectivity index (χ0v) is 12.1. The van der Waals surface area contributed by atoms with Gasteiger partial charge >= 0.3 is 0 Å². The molecular weight excluding hydrogens is 250 g/mol. The summed E-state index contributed by atoms with van der Waals surface area (Å²) in [4.78, 5) is 0. The van der Waals surface area contributed by atoms with Crippen molar-refractivity contribution in [2.75, 3.05) is 13.2 Å². The zero-order chi connectivity index (χ0) is 13.5. The summed E-state index contributed by atoms with van der Waals surface area (Å²) in [6, 6.07) is 7.17.